The highest BCUT2D eigenvalue weighted by atomic mass is 35.5. The van der Waals surface area contributed by atoms with Gasteiger partial charge < -0.3 is 15.3 Å². The van der Waals surface area contributed by atoms with Crippen LogP contribution in [0.5, 0.6) is 0 Å². The third kappa shape index (κ3) is 3.75. The lowest BCUT2D eigenvalue weighted by Crippen LogP contribution is -2.60. The van der Waals surface area contributed by atoms with Crippen LogP contribution in [0.15, 0.2) is 24.3 Å². The van der Waals surface area contributed by atoms with Crippen molar-refractivity contribution in [2.24, 2.45) is 0 Å². The minimum absolute atomic E-state index is 0.170. The van der Waals surface area contributed by atoms with Crippen LogP contribution in [-0.4, -0.2) is 57.1 Å². The van der Waals surface area contributed by atoms with Crippen LogP contribution in [-0.2, 0) is 19.9 Å². The van der Waals surface area contributed by atoms with Crippen LogP contribution in [0.1, 0.15) is 37.7 Å². The van der Waals surface area contributed by atoms with E-state index in [-0.39, 0.29) is 12.8 Å². The lowest BCUT2D eigenvalue weighted by atomic mass is 9.72. The summed E-state index contributed by atoms with van der Waals surface area (Å²) in [5, 5.41) is 29.0. The summed E-state index contributed by atoms with van der Waals surface area (Å²) in [6.07, 6.45) is -0.649. The van der Waals surface area contributed by atoms with Crippen molar-refractivity contribution in [1.82, 2.24) is 4.90 Å². The van der Waals surface area contributed by atoms with Crippen molar-refractivity contribution in [1.29, 1.82) is 0 Å². The van der Waals surface area contributed by atoms with Gasteiger partial charge in [-0.05, 0) is 44.4 Å². The van der Waals surface area contributed by atoms with Crippen LogP contribution in [0, 0.1) is 0 Å². The summed E-state index contributed by atoms with van der Waals surface area (Å²) < 4.78 is 0. The fourth-order valence-corrected chi connectivity index (χ4v) is 3.99. The minimum Gasteiger partial charge on any atom is -0.481 e. The Kier molecular flexibility index (Phi) is 6.39. The molecule has 0 amide bonds. The van der Waals surface area contributed by atoms with Gasteiger partial charge >= 0.3 is 11.9 Å². The molecule has 1 aromatic rings. The van der Waals surface area contributed by atoms with Gasteiger partial charge in [0.1, 0.15) is 17.7 Å². The number of nitrogens with zero attached hydrogens (tertiary/aromatic N) is 1. The largest absolute Gasteiger partial charge is 0.481 e. The van der Waals surface area contributed by atoms with Gasteiger partial charge in [-0.25, -0.2) is 0 Å². The molecular weight excluding hydrogens is 362 g/mol. The number of rotatable bonds is 7. The molecule has 0 heterocycles. The maximum atomic E-state index is 13.0. The van der Waals surface area contributed by atoms with Gasteiger partial charge in [-0.3, -0.25) is 19.3 Å². The summed E-state index contributed by atoms with van der Waals surface area (Å²) in [5.74, 6) is -2.86. The lowest BCUT2D eigenvalue weighted by Gasteiger charge is -2.47. The Morgan fingerprint density at radius 3 is 2.58 bits per heavy atom. The van der Waals surface area contributed by atoms with Crippen LogP contribution in [0.25, 0.3) is 0 Å². The first-order valence-corrected chi connectivity index (χ1v) is 8.74. The van der Waals surface area contributed by atoms with E-state index in [1.165, 1.54) is 11.9 Å². The van der Waals surface area contributed by atoms with Crippen LogP contribution < -0.4 is 0 Å². The summed E-state index contributed by atoms with van der Waals surface area (Å²) in [7, 11) is 1.47. The molecule has 0 aromatic heterocycles. The molecule has 0 saturated heterocycles. The predicted octanol–water partition coefficient (Wildman–Crippen LogP) is 1.90. The first-order chi connectivity index (χ1) is 12.2. The molecule has 1 aromatic carbocycles. The molecule has 0 bridgehead atoms. The summed E-state index contributed by atoms with van der Waals surface area (Å²) in [6.45, 7) is 0. The van der Waals surface area contributed by atoms with E-state index in [1.54, 1.807) is 24.3 Å². The van der Waals surface area contributed by atoms with Crippen molar-refractivity contribution in [2.45, 2.75) is 49.8 Å². The molecule has 1 aliphatic rings. The van der Waals surface area contributed by atoms with Crippen molar-refractivity contribution in [3.8, 4) is 0 Å². The molecule has 8 heteroatoms. The van der Waals surface area contributed by atoms with Gasteiger partial charge in [-0.1, -0.05) is 29.8 Å². The van der Waals surface area contributed by atoms with Crippen molar-refractivity contribution in [3.63, 3.8) is 0 Å². The number of benzene rings is 1. The zero-order valence-electron chi connectivity index (χ0n) is 14.4. The molecule has 1 fully saturated rings. The number of carbonyl (C=O) groups is 3. The third-order valence-electron chi connectivity index (χ3n) is 5.03. The van der Waals surface area contributed by atoms with Gasteiger partial charge in [0.15, 0.2) is 5.78 Å². The molecule has 1 aliphatic carbocycles. The van der Waals surface area contributed by atoms with E-state index in [0.717, 1.165) is 0 Å². The lowest BCUT2D eigenvalue weighted by molar-refractivity contribution is -0.155. The van der Waals surface area contributed by atoms with E-state index in [0.29, 0.717) is 29.8 Å². The Bertz CT molecular complexity index is 709. The molecule has 0 unspecified atom stereocenters. The number of hydrogen-bond donors (Lipinski definition) is 3. The Labute approximate surface area is 156 Å². The number of aliphatic hydroxyl groups excluding tert-OH is 1. The van der Waals surface area contributed by atoms with Crippen molar-refractivity contribution < 1.29 is 29.7 Å². The highest BCUT2D eigenvalue weighted by Crippen LogP contribution is 2.43. The first-order valence-electron chi connectivity index (χ1n) is 8.36. The number of aliphatic carboxylic acids is 2. The fraction of sp³-hybridized carbons (Fsp3) is 0.500. The van der Waals surface area contributed by atoms with E-state index in [4.69, 9.17) is 16.7 Å². The Morgan fingerprint density at radius 2 is 2.00 bits per heavy atom. The van der Waals surface area contributed by atoms with E-state index in [9.17, 15) is 24.6 Å². The minimum atomic E-state index is -1.42. The molecule has 142 valence electrons. The number of aliphatic hydroxyl groups is 1. The van der Waals surface area contributed by atoms with Crippen LogP contribution >= 0.6 is 11.6 Å². The number of likely N-dealkylation sites (N-methyl/N-ethyl adjacent to an activating group) is 1. The molecule has 0 spiro atoms. The van der Waals surface area contributed by atoms with Crippen LogP contribution in [0.4, 0.5) is 0 Å². The van der Waals surface area contributed by atoms with Gasteiger partial charge in [0.25, 0.3) is 0 Å². The molecule has 0 aliphatic heterocycles. The summed E-state index contributed by atoms with van der Waals surface area (Å²) in [5.41, 5.74) is -0.994. The number of carboxylic acid groups (broad SMARTS) is 2. The zero-order chi connectivity index (χ0) is 19.5. The zero-order valence-corrected chi connectivity index (χ0v) is 15.1. The van der Waals surface area contributed by atoms with Gasteiger partial charge in [-0.15, -0.1) is 0 Å². The maximum Gasteiger partial charge on any atom is 0.320 e. The van der Waals surface area contributed by atoms with Gasteiger partial charge in [0.05, 0.1) is 0 Å². The van der Waals surface area contributed by atoms with Gasteiger partial charge in [0, 0.05) is 11.4 Å². The molecular formula is C18H22ClNO6. The maximum absolute atomic E-state index is 13.0. The number of hydrogen-bond acceptors (Lipinski definition) is 5. The molecule has 1 saturated carbocycles. The van der Waals surface area contributed by atoms with Crippen molar-refractivity contribution in [2.75, 3.05) is 7.05 Å². The molecule has 2 rings (SSSR count). The second-order valence-corrected chi connectivity index (χ2v) is 6.92. The number of carbonyl (C=O) groups excluding carboxylic acids is 1. The highest BCUT2D eigenvalue weighted by molar-refractivity contribution is 6.31. The molecule has 0 radical (unpaired) electrons. The quantitative estimate of drug-likeness (QED) is 0.658. The number of carboxylic acids is 2. The topological polar surface area (TPSA) is 115 Å². The fourth-order valence-electron chi connectivity index (χ4n) is 3.69. The van der Waals surface area contributed by atoms with E-state index >= 15 is 0 Å². The summed E-state index contributed by atoms with van der Waals surface area (Å²) >= 11 is 6.31. The second kappa shape index (κ2) is 8.16. The van der Waals surface area contributed by atoms with Crippen molar-refractivity contribution in [3.05, 3.63) is 34.9 Å². The normalized spacial score (nSPS) is 24.5. The number of Topliss-reactive ketones (excluding diaryl/α,β-unsaturated/α-hetero) is 1. The standard InChI is InChI=1S/C18H22ClNO6/c1-20(13(17(25)26)8-9-15(22)23)18(10-4-7-14(21)16(18)24)11-5-2-3-6-12(11)19/h2-3,5-6,13-14,21H,4,7-10H2,1H3,(H,22,23)(H,25,26)/t13-,14+,18-/m0/s1. The number of ketones is 1. The predicted molar refractivity (Wildman–Crippen MR) is 94.1 cm³/mol. The summed E-state index contributed by atoms with van der Waals surface area (Å²) in [4.78, 5) is 37.1. The Morgan fingerprint density at radius 1 is 1.35 bits per heavy atom. The molecule has 26 heavy (non-hydrogen) atoms. The summed E-state index contributed by atoms with van der Waals surface area (Å²) in [6, 6.07) is 5.43. The molecule has 3 N–H and O–H groups in total. The first kappa shape index (κ1) is 20.4. The second-order valence-electron chi connectivity index (χ2n) is 6.51. The SMILES string of the molecule is CN([C@@H](CCC(=O)O)C(=O)O)[C@]1(c2ccccc2Cl)CCC[C@@H](O)C1=O. The average Bonchev–Trinajstić information content (AvgIpc) is 2.57. The van der Waals surface area contributed by atoms with Gasteiger partial charge in [-0.2, -0.15) is 0 Å². The Hall–Kier alpha value is -1.96. The number of halogens is 1. The monoisotopic (exact) mass is 383 g/mol. The average molecular weight is 384 g/mol. The van der Waals surface area contributed by atoms with Crippen molar-refractivity contribution >= 4 is 29.3 Å². The van der Waals surface area contributed by atoms with Crippen LogP contribution in [0.3, 0.4) is 0 Å². The van der Waals surface area contributed by atoms with E-state index < -0.39 is 35.4 Å². The Balaban J connectivity index is 2.56. The molecule has 3 atom stereocenters. The third-order valence-corrected chi connectivity index (χ3v) is 5.36. The van der Waals surface area contributed by atoms with E-state index in [2.05, 4.69) is 0 Å². The van der Waals surface area contributed by atoms with E-state index in [1.807, 2.05) is 0 Å². The highest BCUT2D eigenvalue weighted by Gasteiger charge is 2.52. The molecule has 7 nitrogen and oxygen atoms in total. The van der Waals surface area contributed by atoms with Crippen LogP contribution in [0.2, 0.25) is 5.02 Å². The smallest absolute Gasteiger partial charge is 0.320 e. The van der Waals surface area contributed by atoms with Gasteiger partial charge in [0.2, 0.25) is 0 Å².